The van der Waals surface area contributed by atoms with Crippen LogP contribution in [-0.2, 0) is 10.1 Å². The van der Waals surface area contributed by atoms with Crippen molar-refractivity contribution in [3.05, 3.63) is 0 Å². The number of hydrogen-bond donors (Lipinski definition) is 0. The number of quaternary nitrogens is 1. The minimum absolute atomic E-state index is 0.198. The summed E-state index contributed by atoms with van der Waals surface area (Å²) in [5.74, 6) is -0.198. The van der Waals surface area contributed by atoms with Crippen LogP contribution in [0.4, 0.5) is 0 Å². The summed E-state index contributed by atoms with van der Waals surface area (Å²) >= 11 is 0. The lowest BCUT2D eigenvalue weighted by molar-refractivity contribution is -0.926. The third-order valence-corrected chi connectivity index (χ3v) is 8.21. The van der Waals surface area contributed by atoms with Crippen molar-refractivity contribution in [3.63, 3.8) is 0 Å². The lowest BCUT2D eigenvalue weighted by atomic mass is 10.1. The van der Waals surface area contributed by atoms with Crippen LogP contribution in [0.3, 0.4) is 0 Å². The summed E-state index contributed by atoms with van der Waals surface area (Å²) < 4.78 is 35.5. The maximum atomic E-state index is 11.5. The van der Waals surface area contributed by atoms with Gasteiger partial charge in [0.2, 0.25) is 0 Å². The normalized spacial score (nSPS) is 12.5. The van der Waals surface area contributed by atoms with Gasteiger partial charge in [0.15, 0.2) is 0 Å². The number of nitrogens with zero attached hydrogens (tertiary/aromatic N) is 1. The monoisotopic (exact) mass is 503 g/mol. The molecule has 34 heavy (non-hydrogen) atoms. The summed E-state index contributed by atoms with van der Waals surface area (Å²) in [6.07, 6.45) is 26.9. The first-order valence-electron chi connectivity index (χ1n) is 15.2. The minimum Gasteiger partial charge on any atom is -0.748 e. The highest BCUT2D eigenvalue weighted by Crippen LogP contribution is 2.19. The second kappa shape index (κ2) is 23.3. The van der Waals surface area contributed by atoms with Gasteiger partial charge >= 0.3 is 0 Å². The number of hydrogen-bond acceptors (Lipinski definition) is 3. The standard InChI is InChI=1S/C29H61NO3S/c1-4-7-10-13-16-19-22-25-30(28-29-34(31,32)33,26-23-20-17-14-11-8-5-2)27-24-21-18-15-12-9-6-3/h4-29H2,1-3H3. The molecule has 0 radical (unpaired) electrons. The molecule has 0 aliphatic carbocycles. The Balaban J connectivity index is 4.82. The molecule has 0 saturated heterocycles. The van der Waals surface area contributed by atoms with Crippen LogP contribution in [0.5, 0.6) is 0 Å². The van der Waals surface area contributed by atoms with Crippen LogP contribution in [0.15, 0.2) is 0 Å². The van der Waals surface area contributed by atoms with Gasteiger partial charge in [0, 0.05) is 0 Å². The van der Waals surface area contributed by atoms with E-state index in [1.807, 2.05) is 0 Å². The van der Waals surface area contributed by atoms with E-state index in [0.29, 0.717) is 6.54 Å². The van der Waals surface area contributed by atoms with E-state index in [9.17, 15) is 13.0 Å². The maximum Gasteiger partial charge on any atom is 0.100 e. The first kappa shape index (κ1) is 33.9. The van der Waals surface area contributed by atoms with Gasteiger partial charge < -0.3 is 9.04 Å². The summed E-state index contributed by atoms with van der Waals surface area (Å²) in [6, 6.07) is 0. The smallest absolute Gasteiger partial charge is 0.100 e. The van der Waals surface area contributed by atoms with Crippen LogP contribution < -0.4 is 0 Å². The van der Waals surface area contributed by atoms with E-state index < -0.39 is 10.1 Å². The van der Waals surface area contributed by atoms with Crippen molar-refractivity contribution in [1.82, 2.24) is 0 Å². The summed E-state index contributed by atoms with van der Waals surface area (Å²) in [6.45, 7) is 10.4. The fourth-order valence-corrected chi connectivity index (χ4v) is 5.80. The predicted molar refractivity (Wildman–Crippen MR) is 148 cm³/mol. The molecule has 0 amide bonds. The largest absolute Gasteiger partial charge is 0.748 e. The minimum atomic E-state index is -4.16. The van der Waals surface area contributed by atoms with E-state index in [0.717, 1.165) is 43.4 Å². The van der Waals surface area contributed by atoms with Crippen molar-refractivity contribution in [2.24, 2.45) is 0 Å². The summed E-state index contributed by atoms with van der Waals surface area (Å²) in [5.41, 5.74) is 0. The Morgan fingerprint density at radius 1 is 0.441 bits per heavy atom. The fraction of sp³-hybridized carbons (Fsp3) is 1.00. The van der Waals surface area contributed by atoms with Crippen molar-refractivity contribution in [1.29, 1.82) is 0 Å². The van der Waals surface area contributed by atoms with Crippen molar-refractivity contribution in [2.75, 3.05) is 31.9 Å². The Hall–Kier alpha value is -0.130. The Morgan fingerprint density at radius 2 is 0.706 bits per heavy atom. The second-order valence-corrected chi connectivity index (χ2v) is 12.4. The van der Waals surface area contributed by atoms with Crippen molar-refractivity contribution >= 4 is 10.1 Å². The first-order valence-corrected chi connectivity index (χ1v) is 16.8. The van der Waals surface area contributed by atoms with Gasteiger partial charge in [-0.1, -0.05) is 117 Å². The maximum absolute atomic E-state index is 11.5. The van der Waals surface area contributed by atoms with Gasteiger partial charge in [0.1, 0.15) is 10.1 Å². The van der Waals surface area contributed by atoms with Crippen LogP contribution in [0.2, 0.25) is 0 Å². The quantitative estimate of drug-likeness (QED) is 0.0640. The van der Waals surface area contributed by atoms with E-state index in [-0.39, 0.29) is 5.75 Å². The summed E-state index contributed by atoms with van der Waals surface area (Å²) in [4.78, 5) is 0. The molecule has 0 rings (SSSR count). The Labute approximate surface area is 215 Å². The highest BCUT2D eigenvalue weighted by atomic mass is 32.2. The number of unbranched alkanes of at least 4 members (excludes halogenated alkanes) is 18. The van der Waals surface area contributed by atoms with E-state index in [1.165, 1.54) is 116 Å². The van der Waals surface area contributed by atoms with E-state index in [4.69, 9.17) is 0 Å². The molecule has 5 heteroatoms. The number of rotatable bonds is 27. The highest BCUT2D eigenvalue weighted by Gasteiger charge is 2.27. The van der Waals surface area contributed by atoms with Crippen molar-refractivity contribution in [2.45, 2.75) is 156 Å². The summed E-state index contributed by atoms with van der Waals surface area (Å²) in [7, 11) is -4.16. The molecule has 0 unspecified atom stereocenters. The van der Waals surface area contributed by atoms with Crippen LogP contribution in [-0.4, -0.2) is 49.4 Å². The third-order valence-electron chi connectivity index (χ3n) is 7.52. The molecule has 0 fully saturated rings. The molecule has 0 spiro atoms. The zero-order valence-corrected chi connectivity index (χ0v) is 24.3. The van der Waals surface area contributed by atoms with E-state index in [1.54, 1.807) is 0 Å². The third kappa shape index (κ3) is 22.3. The molecule has 4 nitrogen and oxygen atoms in total. The lowest BCUT2D eigenvalue weighted by Gasteiger charge is -2.40. The van der Waals surface area contributed by atoms with Crippen molar-refractivity contribution < 1.29 is 17.5 Å². The Morgan fingerprint density at radius 3 is 0.971 bits per heavy atom. The molecule has 0 heterocycles. The molecule has 0 saturated carbocycles. The highest BCUT2D eigenvalue weighted by molar-refractivity contribution is 7.85. The SMILES string of the molecule is CCCCCCCCC[N+](CCCCCCCCC)(CCCCCCCCC)CCS(=O)(=O)[O-]. The van der Waals surface area contributed by atoms with E-state index in [2.05, 4.69) is 20.8 Å². The van der Waals surface area contributed by atoms with E-state index >= 15 is 0 Å². The molecule has 0 aromatic rings. The first-order chi connectivity index (χ1) is 16.4. The average Bonchev–Trinajstić information content (AvgIpc) is 2.80. The van der Waals surface area contributed by atoms with Crippen LogP contribution in [0.25, 0.3) is 0 Å². The van der Waals surface area contributed by atoms with Crippen LogP contribution in [0.1, 0.15) is 156 Å². The van der Waals surface area contributed by atoms with Crippen molar-refractivity contribution in [3.8, 4) is 0 Å². The zero-order chi connectivity index (χ0) is 25.4. The van der Waals surface area contributed by atoms with Gasteiger partial charge in [-0.25, -0.2) is 8.42 Å². The molecule has 0 bridgehead atoms. The lowest BCUT2D eigenvalue weighted by Crippen LogP contribution is -2.52. The topological polar surface area (TPSA) is 57.2 Å². The van der Waals surface area contributed by atoms with Gasteiger partial charge in [-0.15, -0.1) is 0 Å². The molecule has 206 valence electrons. The molecular formula is C29H61NO3S. The van der Waals surface area contributed by atoms with Crippen LogP contribution >= 0.6 is 0 Å². The van der Waals surface area contributed by atoms with Gasteiger partial charge in [0.25, 0.3) is 0 Å². The molecule has 0 aromatic carbocycles. The molecule has 0 aromatic heterocycles. The molecule has 0 atom stereocenters. The summed E-state index contributed by atoms with van der Waals surface area (Å²) in [5, 5.41) is 0. The molecule has 0 N–H and O–H groups in total. The Kier molecular flexibility index (Phi) is 23.2. The fourth-order valence-electron chi connectivity index (χ4n) is 5.19. The van der Waals surface area contributed by atoms with Crippen LogP contribution in [0, 0.1) is 0 Å². The zero-order valence-electron chi connectivity index (χ0n) is 23.5. The van der Waals surface area contributed by atoms with Gasteiger partial charge in [0.05, 0.1) is 31.9 Å². The van der Waals surface area contributed by atoms with Gasteiger partial charge in [-0.05, 0) is 38.5 Å². The molecule has 0 aliphatic rings. The average molecular weight is 504 g/mol. The molecular weight excluding hydrogens is 442 g/mol. The predicted octanol–water partition coefficient (Wildman–Crippen LogP) is 8.60. The van der Waals surface area contributed by atoms with Gasteiger partial charge in [-0.3, -0.25) is 0 Å². The second-order valence-electron chi connectivity index (χ2n) is 10.9. The Bertz CT molecular complexity index is 476. The van der Waals surface area contributed by atoms with Gasteiger partial charge in [-0.2, -0.15) is 0 Å². The molecule has 0 aliphatic heterocycles.